The Morgan fingerprint density at radius 3 is 1.67 bits per heavy atom. The van der Waals surface area contributed by atoms with Gasteiger partial charge in [-0.25, -0.2) is 0 Å². The molecule has 0 spiro atoms. The summed E-state index contributed by atoms with van der Waals surface area (Å²) < 4.78 is -0.567. The highest BCUT2D eigenvalue weighted by atomic mass is 79.9. The van der Waals surface area contributed by atoms with Crippen LogP contribution in [0.25, 0.3) is 0 Å². The molecule has 0 N–H and O–H groups in total. The molecule has 0 fully saturated rings. The average Bonchev–Trinajstić information content (AvgIpc) is 1.36. The van der Waals surface area contributed by atoms with Gasteiger partial charge in [-0.2, -0.15) is 0 Å². The van der Waals surface area contributed by atoms with E-state index in [1.165, 1.54) is 7.85 Å². The minimum atomic E-state index is -0.567. The van der Waals surface area contributed by atoms with Crippen LogP contribution in [0.3, 0.4) is 0 Å². The fourth-order valence-corrected chi connectivity index (χ4v) is 0. The maximum Gasteiger partial charge on any atom is 0.252 e. The summed E-state index contributed by atoms with van der Waals surface area (Å²) in [6, 6.07) is 0. The van der Waals surface area contributed by atoms with Crippen LogP contribution in [0.5, 0.6) is 0 Å². The van der Waals surface area contributed by atoms with Crippen molar-refractivity contribution in [2.75, 3.05) is 0 Å². The predicted molar refractivity (Wildman–Crippen MR) is 27.5 cm³/mol. The second-order valence-electron chi connectivity index (χ2n) is 0.830. The molecule has 0 aliphatic heterocycles. The summed E-state index contributed by atoms with van der Waals surface area (Å²) in [5.41, 5.74) is -0.463. The Balaban J connectivity index is 3.57. The van der Waals surface area contributed by atoms with Crippen LogP contribution in [0.1, 0.15) is 0 Å². The van der Waals surface area contributed by atoms with Crippen molar-refractivity contribution in [2.45, 2.75) is 0 Å². The van der Waals surface area contributed by atoms with Crippen molar-refractivity contribution in [3.8, 4) is 0 Å². The second-order valence-corrected chi connectivity index (χ2v) is 1.55. The first-order valence-corrected chi connectivity index (χ1v) is 2.14. The number of halogens is 1. The van der Waals surface area contributed by atoms with E-state index in [4.69, 9.17) is 0 Å². The van der Waals surface area contributed by atoms with Crippen LogP contribution in [-0.4, -0.2) is 18.2 Å². The van der Waals surface area contributed by atoms with Crippen LogP contribution >= 0.6 is 15.9 Å². The third kappa shape index (κ3) is 2.14. The predicted octanol–water partition coefficient (Wildman–Crippen LogP) is -0.932. The highest BCUT2D eigenvalue weighted by Crippen LogP contribution is 1.79. The number of carbonyl (C=O) groups excluding carboxylic acids is 2. The number of carbonyl (C=O) groups is 2. The van der Waals surface area contributed by atoms with Gasteiger partial charge in [0.2, 0.25) is 0 Å². The lowest BCUT2D eigenvalue weighted by Gasteiger charge is -1.70. The van der Waals surface area contributed by atoms with Crippen molar-refractivity contribution >= 4 is 34.2 Å². The topological polar surface area (TPSA) is 34.1 Å². The molecule has 0 aromatic carbocycles. The van der Waals surface area contributed by atoms with Crippen LogP contribution < -0.4 is 0 Å². The van der Waals surface area contributed by atoms with Gasteiger partial charge in [-0.05, 0) is 15.9 Å². The van der Waals surface area contributed by atoms with Crippen LogP contribution in [0.2, 0.25) is 0 Å². The minimum absolute atomic E-state index is 0.463. The normalized spacial score (nSPS) is 7.50. The molecule has 0 atom stereocenters. The molecule has 0 radical (unpaired) electrons. The first-order valence-electron chi connectivity index (χ1n) is 1.35. The molecular weight excluding hydrogens is 147 g/mol. The van der Waals surface area contributed by atoms with Crippen LogP contribution in [0, 0.1) is 0 Å². The van der Waals surface area contributed by atoms with E-state index in [-0.39, 0.29) is 0 Å². The van der Waals surface area contributed by atoms with Gasteiger partial charge in [0.25, 0.3) is 4.69 Å². The molecule has 0 saturated carbocycles. The second kappa shape index (κ2) is 2.13. The molecule has 6 heavy (non-hydrogen) atoms. The van der Waals surface area contributed by atoms with Gasteiger partial charge < -0.3 is 4.79 Å². The van der Waals surface area contributed by atoms with E-state index >= 15 is 0 Å². The Morgan fingerprint density at radius 2 is 1.67 bits per heavy atom. The van der Waals surface area contributed by atoms with Gasteiger partial charge in [-0.1, -0.05) is 0 Å². The zero-order valence-corrected chi connectivity index (χ0v) is 4.78. The average molecular weight is 149 g/mol. The molecule has 2 nitrogen and oxygen atoms in total. The summed E-state index contributed by atoms with van der Waals surface area (Å²) in [6.45, 7) is 0. The smallest absolute Gasteiger partial charge is 0.252 e. The summed E-state index contributed by atoms with van der Waals surface area (Å²) in [5, 5.41) is 0. The molecule has 0 aromatic heterocycles. The lowest BCUT2D eigenvalue weighted by molar-refractivity contribution is -0.126. The molecule has 0 aliphatic rings. The molecule has 0 bridgehead atoms. The van der Waals surface area contributed by atoms with E-state index in [0.29, 0.717) is 0 Å². The largest absolute Gasteiger partial charge is 0.302 e. The summed E-state index contributed by atoms with van der Waals surface area (Å²) in [4.78, 5) is 19.5. The third-order valence-electron chi connectivity index (χ3n) is 0.277. The first kappa shape index (κ1) is 5.88. The highest BCUT2D eigenvalue weighted by Gasteiger charge is 1.97. The Kier molecular flexibility index (Phi) is 2.09. The van der Waals surface area contributed by atoms with Crippen molar-refractivity contribution in [2.24, 2.45) is 0 Å². The summed E-state index contributed by atoms with van der Waals surface area (Å²) in [7, 11) is 1.21. The van der Waals surface area contributed by atoms with Crippen molar-refractivity contribution in [1.29, 1.82) is 0 Å². The van der Waals surface area contributed by atoms with Gasteiger partial charge in [0, 0.05) is 0 Å². The highest BCUT2D eigenvalue weighted by molar-refractivity contribution is 9.19. The van der Waals surface area contributed by atoms with Crippen molar-refractivity contribution in [3.05, 3.63) is 0 Å². The van der Waals surface area contributed by atoms with Gasteiger partial charge >= 0.3 is 0 Å². The molecule has 0 amide bonds. The van der Waals surface area contributed by atoms with Crippen molar-refractivity contribution in [1.82, 2.24) is 0 Å². The molecule has 0 aromatic rings. The van der Waals surface area contributed by atoms with E-state index in [0.717, 1.165) is 0 Å². The Hall–Kier alpha value is -0.115. The molecule has 0 heterocycles. The lowest BCUT2D eigenvalue weighted by Crippen LogP contribution is -2.03. The number of hydrogen-bond donors (Lipinski definition) is 0. The fraction of sp³-hybridized carbons (Fsp3) is 0. The van der Waals surface area contributed by atoms with Gasteiger partial charge in [-0.3, -0.25) is 4.79 Å². The van der Waals surface area contributed by atoms with Crippen molar-refractivity contribution < 1.29 is 9.59 Å². The summed E-state index contributed by atoms with van der Waals surface area (Å²) in [5.74, 6) is 0. The van der Waals surface area contributed by atoms with Gasteiger partial charge in [-0.15, -0.1) is 0 Å². The van der Waals surface area contributed by atoms with Crippen LogP contribution in [-0.2, 0) is 9.59 Å². The summed E-state index contributed by atoms with van der Waals surface area (Å²) in [6.07, 6.45) is 0. The molecule has 0 rings (SSSR count). The lowest BCUT2D eigenvalue weighted by atomic mass is 10.1. The minimum Gasteiger partial charge on any atom is -0.302 e. The van der Waals surface area contributed by atoms with Gasteiger partial charge in [0.15, 0.2) is 13.5 Å². The molecule has 0 saturated heterocycles. The molecule has 0 unspecified atom stereocenters. The SMILES string of the molecule is BC(=O)C(=O)Br. The summed E-state index contributed by atoms with van der Waals surface area (Å²) >= 11 is 2.45. The fourth-order valence-electron chi connectivity index (χ4n) is 0. The zero-order valence-electron chi connectivity index (χ0n) is 3.19. The van der Waals surface area contributed by atoms with Crippen molar-refractivity contribution in [3.63, 3.8) is 0 Å². The van der Waals surface area contributed by atoms with Gasteiger partial charge in [0.05, 0.1) is 0 Å². The Labute approximate surface area is 44.4 Å². The Bertz CT molecular complexity index is 77.5. The van der Waals surface area contributed by atoms with Gasteiger partial charge in [0.1, 0.15) is 0 Å². The van der Waals surface area contributed by atoms with E-state index in [1.807, 2.05) is 0 Å². The van der Waals surface area contributed by atoms with Crippen LogP contribution in [0.15, 0.2) is 0 Å². The maximum atomic E-state index is 9.75. The monoisotopic (exact) mass is 148 g/mol. The first-order chi connectivity index (χ1) is 2.64. The van der Waals surface area contributed by atoms with E-state index in [1.54, 1.807) is 0 Å². The quantitative estimate of drug-likeness (QED) is 0.274. The maximum absolute atomic E-state index is 9.75. The number of rotatable bonds is 1. The van der Waals surface area contributed by atoms with E-state index in [9.17, 15) is 9.59 Å². The van der Waals surface area contributed by atoms with E-state index in [2.05, 4.69) is 15.9 Å². The molecule has 32 valence electrons. The van der Waals surface area contributed by atoms with Crippen LogP contribution in [0.4, 0.5) is 0 Å². The molecule has 0 aliphatic carbocycles. The number of hydrogen-bond acceptors (Lipinski definition) is 2. The Morgan fingerprint density at radius 1 is 1.50 bits per heavy atom. The van der Waals surface area contributed by atoms with E-state index < -0.39 is 10.4 Å². The standard InChI is InChI=1S/C2H2BBrO2/c3-1(5)2(4)6/h3H2. The third-order valence-corrected chi connectivity index (χ3v) is 0.835. The zero-order chi connectivity index (χ0) is 5.15. The molecular formula is C2H2BBrO2. The molecule has 4 heteroatoms.